The summed E-state index contributed by atoms with van der Waals surface area (Å²) in [5.41, 5.74) is 3.53. The molecular weight excluding hydrogens is 226 g/mol. The summed E-state index contributed by atoms with van der Waals surface area (Å²) in [6.07, 6.45) is 0. The number of aliphatic carboxylic acids is 2. The minimum atomic E-state index is -1.82. The molecule has 4 N–H and O–H groups in total. The van der Waals surface area contributed by atoms with Crippen LogP contribution in [0.3, 0.4) is 0 Å². The number of carboxylic acids is 2. The minimum absolute atomic E-state index is 0.383. The van der Waals surface area contributed by atoms with E-state index in [1.54, 1.807) is 0 Å². The smallest absolute Gasteiger partial charge is 0.414 e. The summed E-state index contributed by atoms with van der Waals surface area (Å²) >= 11 is 0. The van der Waals surface area contributed by atoms with Crippen molar-refractivity contribution in [1.82, 2.24) is 15.5 Å². The van der Waals surface area contributed by atoms with E-state index in [2.05, 4.69) is 22.4 Å². The summed E-state index contributed by atoms with van der Waals surface area (Å²) in [4.78, 5) is 18.2. The van der Waals surface area contributed by atoms with Gasteiger partial charge in [0.2, 0.25) is 0 Å². The molecule has 0 aliphatic carbocycles. The Kier molecular flexibility index (Phi) is 5.90. The minimum Gasteiger partial charge on any atom is -0.473 e. The van der Waals surface area contributed by atoms with Crippen LogP contribution in [0.4, 0.5) is 0 Å². The van der Waals surface area contributed by atoms with Crippen molar-refractivity contribution in [3.05, 3.63) is 17.0 Å². The van der Waals surface area contributed by atoms with E-state index in [9.17, 15) is 0 Å². The van der Waals surface area contributed by atoms with E-state index in [0.29, 0.717) is 6.04 Å². The number of aryl methyl sites for hydroxylation is 2. The van der Waals surface area contributed by atoms with E-state index < -0.39 is 11.9 Å². The second kappa shape index (κ2) is 6.64. The maximum atomic E-state index is 9.10. The highest BCUT2D eigenvalue weighted by Crippen LogP contribution is 2.17. The first kappa shape index (κ1) is 15.1. The molecule has 1 aromatic rings. The number of H-pyrrole nitrogens is 1. The molecule has 0 bridgehead atoms. The van der Waals surface area contributed by atoms with Gasteiger partial charge < -0.3 is 15.5 Å². The molecular formula is C10H17N3O4. The van der Waals surface area contributed by atoms with Crippen molar-refractivity contribution in [2.45, 2.75) is 26.8 Å². The molecule has 0 aliphatic heterocycles. The molecule has 0 saturated carbocycles. The van der Waals surface area contributed by atoms with E-state index in [0.717, 1.165) is 11.4 Å². The molecule has 96 valence electrons. The molecule has 1 rings (SSSR count). The van der Waals surface area contributed by atoms with Gasteiger partial charge in [-0.3, -0.25) is 5.10 Å². The molecule has 0 radical (unpaired) electrons. The number of aromatic amines is 1. The summed E-state index contributed by atoms with van der Waals surface area (Å²) in [5, 5.41) is 25.1. The van der Waals surface area contributed by atoms with Crippen LogP contribution in [0.15, 0.2) is 0 Å². The van der Waals surface area contributed by atoms with Gasteiger partial charge in [0.25, 0.3) is 0 Å². The third-order valence-electron chi connectivity index (χ3n) is 2.23. The largest absolute Gasteiger partial charge is 0.473 e. The molecule has 1 atom stereocenters. The maximum Gasteiger partial charge on any atom is 0.414 e. The lowest BCUT2D eigenvalue weighted by Gasteiger charge is -2.09. The van der Waals surface area contributed by atoms with Gasteiger partial charge in [0.05, 0.1) is 5.69 Å². The normalized spacial score (nSPS) is 11.3. The topological polar surface area (TPSA) is 115 Å². The fraction of sp³-hybridized carbons (Fsp3) is 0.500. The number of nitrogens with one attached hydrogen (secondary N) is 2. The Morgan fingerprint density at radius 1 is 1.29 bits per heavy atom. The second-order valence-corrected chi connectivity index (χ2v) is 3.47. The van der Waals surface area contributed by atoms with Crippen molar-refractivity contribution in [1.29, 1.82) is 0 Å². The Hall–Kier alpha value is -1.89. The fourth-order valence-electron chi connectivity index (χ4n) is 1.34. The van der Waals surface area contributed by atoms with E-state index in [1.807, 2.05) is 20.9 Å². The van der Waals surface area contributed by atoms with Crippen molar-refractivity contribution in [2.24, 2.45) is 0 Å². The van der Waals surface area contributed by atoms with Crippen LogP contribution < -0.4 is 5.32 Å². The van der Waals surface area contributed by atoms with Crippen molar-refractivity contribution in [3.63, 3.8) is 0 Å². The lowest BCUT2D eigenvalue weighted by Crippen LogP contribution is -2.13. The fourth-order valence-corrected chi connectivity index (χ4v) is 1.34. The predicted octanol–water partition coefficient (Wildman–Crippen LogP) is 0.463. The van der Waals surface area contributed by atoms with Gasteiger partial charge in [-0.15, -0.1) is 0 Å². The SMILES string of the molecule is CNC(C)c1c(C)n[nH]c1C.O=C(O)C(=O)O. The Balaban J connectivity index is 0.000000366. The van der Waals surface area contributed by atoms with Crippen molar-refractivity contribution in [3.8, 4) is 0 Å². The van der Waals surface area contributed by atoms with Crippen LogP contribution in [0.2, 0.25) is 0 Å². The molecule has 17 heavy (non-hydrogen) atoms. The zero-order chi connectivity index (χ0) is 13.6. The van der Waals surface area contributed by atoms with Crippen molar-refractivity contribution >= 4 is 11.9 Å². The van der Waals surface area contributed by atoms with E-state index in [-0.39, 0.29) is 0 Å². The summed E-state index contributed by atoms with van der Waals surface area (Å²) in [6, 6.07) is 0.383. The van der Waals surface area contributed by atoms with Gasteiger partial charge in [-0.25, -0.2) is 9.59 Å². The number of hydrogen-bond acceptors (Lipinski definition) is 4. The molecule has 0 amide bonds. The van der Waals surface area contributed by atoms with Crippen LogP contribution in [0, 0.1) is 13.8 Å². The summed E-state index contributed by atoms with van der Waals surface area (Å²) in [7, 11) is 1.95. The van der Waals surface area contributed by atoms with Gasteiger partial charge in [-0.1, -0.05) is 0 Å². The van der Waals surface area contributed by atoms with Gasteiger partial charge in [0.1, 0.15) is 0 Å². The maximum absolute atomic E-state index is 9.10. The highest BCUT2D eigenvalue weighted by atomic mass is 16.4. The number of aromatic nitrogens is 2. The Morgan fingerprint density at radius 2 is 1.76 bits per heavy atom. The number of carboxylic acid groups (broad SMARTS) is 2. The molecule has 0 fully saturated rings. The number of rotatable bonds is 2. The quantitative estimate of drug-likeness (QED) is 0.561. The summed E-state index contributed by atoms with van der Waals surface area (Å²) in [5.74, 6) is -3.65. The lowest BCUT2D eigenvalue weighted by atomic mass is 10.1. The summed E-state index contributed by atoms with van der Waals surface area (Å²) < 4.78 is 0. The van der Waals surface area contributed by atoms with E-state index in [1.165, 1.54) is 5.56 Å². The van der Waals surface area contributed by atoms with Crippen LogP contribution in [0.25, 0.3) is 0 Å². The number of hydrogen-bond donors (Lipinski definition) is 4. The van der Waals surface area contributed by atoms with Gasteiger partial charge in [-0.2, -0.15) is 5.10 Å². The van der Waals surface area contributed by atoms with Crippen LogP contribution in [0.5, 0.6) is 0 Å². The molecule has 7 nitrogen and oxygen atoms in total. The zero-order valence-corrected chi connectivity index (χ0v) is 10.2. The second-order valence-electron chi connectivity index (χ2n) is 3.47. The monoisotopic (exact) mass is 243 g/mol. The first-order chi connectivity index (χ1) is 7.81. The molecule has 0 aliphatic rings. The van der Waals surface area contributed by atoms with E-state index in [4.69, 9.17) is 19.8 Å². The summed E-state index contributed by atoms with van der Waals surface area (Å²) in [6.45, 7) is 6.20. The highest BCUT2D eigenvalue weighted by Gasteiger charge is 2.11. The predicted molar refractivity (Wildman–Crippen MR) is 60.8 cm³/mol. The van der Waals surface area contributed by atoms with Gasteiger partial charge in [0.15, 0.2) is 0 Å². The van der Waals surface area contributed by atoms with Crippen LogP contribution in [-0.4, -0.2) is 39.4 Å². The Morgan fingerprint density at radius 3 is 2.00 bits per heavy atom. The molecule has 1 unspecified atom stereocenters. The first-order valence-corrected chi connectivity index (χ1v) is 4.96. The average Bonchev–Trinajstić information content (AvgIpc) is 2.58. The molecule has 0 aromatic carbocycles. The van der Waals surface area contributed by atoms with E-state index >= 15 is 0 Å². The van der Waals surface area contributed by atoms with Gasteiger partial charge in [-0.05, 0) is 27.8 Å². The van der Waals surface area contributed by atoms with Crippen LogP contribution in [-0.2, 0) is 9.59 Å². The molecule has 1 heterocycles. The number of carbonyl (C=O) groups is 2. The number of nitrogens with zero attached hydrogens (tertiary/aromatic N) is 1. The van der Waals surface area contributed by atoms with Crippen LogP contribution in [0.1, 0.15) is 29.9 Å². The molecule has 0 saturated heterocycles. The van der Waals surface area contributed by atoms with Crippen molar-refractivity contribution in [2.75, 3.05) is 7.05 Å². The molecule has 7 heteroatoms. The lowest BCUT2D eigenvalue weighted by molar-refractivity contribution is -0.159. The zero-order valence-electron chi connectivity index (χ0n) is 10.2. The van der Waals surface area contributed by atoms with Gasteiger partial charge >= 0.3 is 11.9 Å². The average molecular weight is 243 g/mol. The standard InChI is InChI=1S/C8H15N3.C2H2O4/c1-5(9-4)8-6(2)10-11-7(8)3;3-1(4)2(5)6/h5,9H,1-4H3,(H,10,11);(H,3,4)(H,5,6). The Labute approximate surface area is 98.9 Å². The highest BCUT2D eigenvalue weighted by molar-refractivity contribution is 6.27. The third-order valence-corrected chi connectivity index (χ3v) is 2.23. The third kappa shape index (κ3) is 4.64. The molecule has 1 aromatic heterocycles. The van der Waals surface area contributed by atoms with Crippen molar-refractivity contribution < 1.29 is 19.8 Å². The Bertz CT molecular complexity index is 369. The van der Waals surface area contributed by atoms with Gasteiger partial charge in [0, 0.05) is 17.3 Å². The first-order valence-electron chi connectivity index (χ1n) is 4.96. The molecule has 0 spiro atoms. The van der Waals surface area contributed by atoms with Crippen LogP contribution >= 0.6 is 0 Å².